The molecular weight excluding hydrogens is 316 g/mol. The molecule has 4 aliphatic carbocycles. The molecule has 0 amide bonds. The number of hydrogen-bond donors (Lipinski definition) is 0. The van der Waals surface area contributed by atoms with Crippen molar-refractivity contribution in [1.29, 1.82) is 0 Å². The SMILES string of the molecule is CCC1(C)CCC2(C)C3CCC4(C)C(C(C)=O)CCC4C3CCC2(C)C1. The fourth-order valence-electron chi connectivity index (χ4n) is 9.04. The highest BCUT2D eigenvalue weighted by atomic mass is 16.1. The molecule has 4 rings (SSSR count). The van der Waals surface area contributed by atoms with Gasteiger partial charge < -0.3 is 0 Å². The zero-order valence-electron chi connectivity index (χ0n) is 18.3. The van der Waals surface area contributed by atoms with E-state index in [0.29, 0.717) is 33.4 Å². The number of rotatable bonds is 2. The Labute approximate surface area is 162 Å². The van der Waals surface area contributed by atoms with E-state index in [-0.39, 0.29) is 0 Å². The molecule has 0 radical (unpaired) electrons. The maximum atomic E-state index is 12.3. The van der Waals surface area contributed by atoms with E-state index in [0.717, 1.165) is 17.8 Å². The average molecular weight is 359 g/mol. The van der Waals surface area contributed by atoms with E-state index in [4.69, 9.17) is 0 Å². The molecular formula is C25H42O. The first-order chi connectivity index (χ1) is 12.1. The van der Waals surface area contributed by atoms with E-state index in [9.17, 15) is 4.79 Å². The minimum Gasteiger partial charge on any atom is -0.300 e. The van der Waals surface area contributed by atoms with E-state index in [1.807, 2.05) is 6.92 Å². The predicted octanol–water partition coefficient (Wildman–Crippen LogP) is 7.04. The van der Waals surface area contributed by atoms with Crippen molar-refractivity contribution >= 4 is 5.78 Å². The van der Waals surface area contributed by atoms with Crippen molar-refractivity contribution in [3.05, 3.63) is 0 Å². The summed E-state index contributed by atoms with van der Waals surface area (Å²) in [6.45, 7) is 14.6. The zero-order chi connectivity index (χ0) is 19.0. The molecule has 0 saturated heterocycles. The van der Waals surface area contributed by atoms with Gasteiger partial charge in [0.1, 0.15) is 5.78 Å². The van der Waals surface area contributed by atoms with Crippen LogP contribution in [-0.4, -0.2) is 5.78 Å². The molecule has 0 heterocycles. The van der Waals surface area contributed by atoms with Gasteiger partial charge in [0.05, 0.1) is 0 Å². The minimum absolute atomic E-state index is 0.309. The largest absolute Gasteiger partial charge is 0.300 e. The molecule has 8 atom stereocenters. The van der Waals surface area contributed by atoms with E-state index in [2.05, 4.69) is 34.6 Å². The van der Waals surface area contributed by atoms with Crippen LogP contribution >= 0.6 is 0 Å². The summed E-state index contributed by atoms with van der Waals surface area (Å²) in [7, 11) is 0. The van der Waals surface area contributed by atoms with Crippen molar-refractivity contribution in [1.82, 2.24) is 0 Å². The molecule has 0 bridgehead atoms. The van der Waals surface area contributed by atoms with Crippen LogP contribution in [0.15, 0.2) is 0 Å². The summed E-state index contributed by atoms with van der Waals surface area (Å²) < 4.78 is 0. The molecule has 1 heteroatoms. The van der Waals surface area contributed by atoms with E-state index >= 15 is 0 Å². The van der Waals surface area contributed by atoms with Gasteiger partial charge in [0, 0.05) is 5.92 Å². The first kappa shape index (κ1) is 19.0. The Morgan fingerprint density at radius 2 is 1.62 bits per heavy atom. The third kappa shape index (κ3) is 2.37. The normalized spacial score (nSPS) is 56.4. The van der Waals surface area contributed by atoms with E-state index in [1.54, 1.807) is 0 Å². The second-order valence-corrected chi connectivity index (χ2v) is 12.0. The summed E-state index contributed by atoms with van der Waals surface area (Å²) in [5, 5.41) is 0. The maximum Gasteiger partial charge on any atom is 0.133 e. The van der Waals surface area contributed by atoms with Crippen LogP contribution in [0.5, 0.6) is 0 Å². The predicted molar refractivity (Wildman–Crippen MR) is 109 cm³/mol. The van der Waals surface area contributed by atoms with Crippen molar-refractivity contribution in [2.24, 2.45) is 45.3 Å². The molecule has 26 heavy (non-hydrogen) atoms. The Morgan fingerprint density at radius 3 is 2.27 bits per heavy atom. The van der Waals surface area contributed by atoms with Crippen LogP contribution in [0.4, 0.5) is 0 Å². The minimum atomic E-state index is 0.309. The second kappa shape index (κ2) is 5.84. The fraction of sp³-hybridized carbons (Fsp3) is 0.960. The van der Waals surface area contributed by atoms with Gasteiger partial charge in [0.15, 0.2) is 0 Å². The zero-order valence-corrected chi connectivity index (χ0v) is 18.3. The van der Waals surface area contributed by atoms with Crippen LogP contribution < -0.4 is 0 Å². The first-order valence-corrected chi connectivity index (χ1v) is 11.6. The van der Waals surface area contributed by atoms with Crippen molar-refractivity contribution in [2.45, 2.75) is 106 Å². The number of carbonyl (C=O) groups is 1. The Balaban J connectivity index is 1.64. The molecule has 4 fully saturated rings. The van der Waals surface area contributed by atoms with Crippen LogP contribution in [0, 0.1) is 45.3 Å². The summed E-state index contributed by atoms with van der Waals surface area (Å²) >= 11 is 0. The molecule has 0 aromatic carbocycles. The molecule has 0 aliphatic heterocycles. The van der Waals surface area contributed by atoms with E-state index in [1.165, 1.54) is 64.2 Å². The van der Waals surface area contributed by atoms with Crippen LogP contribution in [0.3, 0.4) is 0 Å². The molecule has 4 aliphatic rings. The molecule has 0 aromatic heterocycles. The third-order valence-corrected chi connectivity index (χ3v) is 11.1. The second-order valence-electron chi connectivity index (χ2n) is 12.0. The van der Waals surface area contributed by atoms with Crippen LogP contribution in [0.25, 0.3) is 0 Å². The van der Waals surface area contributed by atoms with Gasteiger partial charge in [-0.05, 0) is 104 Å². The molecule has 1 nitrogen and oxygen atoms in total. The lowest BCUT2D eigenvalue weighted by Crippen LogP contribution is -2.58. The van der Waals surface area contributed by atoms with E-state index < -0.39 is 0 Å². The molecule has 4 saturated carbocycles. The Morgan fingerprint density at radius 1 is 0.885 bits per heavy atom. The monoisotopic (exact) mass is 358 g/mol. The quantitative estimate of drug-likeness (QED) is 0.517. The number of hydrogen-bond acceptors (Lipinski definition) is 1. The summed E-state index contributed by atoms with van der Waals surface area (Å²) in [4.78, 5) is 12.3. The Bertz CT molecular complexity index is 595. The van der Waals surface area contributed by atoms with Gasteiger partial charge in [-0.3, -0.25) is 4.79 Å². The fourth-order valence-corrected chi connectivity index (χ4v) is 9.04. The molecule has 0 N–H and O–H groups in total. The number of ketones is 1. The smallest absolute Gasteiger partial charge is 0.133 e. The van der Waals surface area contributed by atoms with Gasteiger partial charge in [-0.15, -0.1) is 0 Å². The average Bonchev–Trinajstić information content (AvgIpc) is 2.93. The highest BCUT2D eigenvalue weighted by molar-refractivity contribution is 5.79. The Kier molecular flexibility index (Phi) is 4.27. The van der Waals surface area contributed by atoms with Gasteiger partial charge in [-0.2, -0.15) is 0 Å². The lowest BCUT2D eigenvalue weighted by Gasteiger charge is -2.67. The molecule has 0 spiro atoms. The van der Waals surface area contributed by atoms with Gasteiger partial charge in [0.2, 0.25) is 0 Å². The molecule has 0 aromatic rings. The number of fused-ring (bicyclic) bond motifs is 5. The lowest BCUT2D eigenvalue weighted by atomic mass is 9.38. The van der Waals surface area contributed by atoms with Gasteiger partial charge in [0.25, 0.3) is 0 Å². The lowest BCUT2D eigenvalue weighted by molar-refractivity contribution is -0.174. The van der Waals surface area contributed by atoms with Crippen LogP contribution in [0.1, 0.15) is 106 Å². The summed E-state index contributed by atoms with van der Waals surface area (Å²) in [5.41, 5.74) is 1.94. The van der Waals surface area contributed by atoms with Gasteiger partial charge >= 0.3 is 0 Å². The van der Waals surface area contributed by atoms with Crippen molar-refractivity contribution in [3.8, 4) is 0 Å². The summed E-state index contributed by atoms with van der Waals surface area (Å²) in [5.74, 6) is 3.44. The highest BCUT2D eigenvalue weighted by Crippen LogP contribution is 2.72. The van der Waals surface area contributed by atoms with Crippen LogP contribution in [0.2, 0.25) is 0 Å². The maximum absolute atomic E-state index is 12.3. The molecule has 148 valence electrons. The number of carbonyl (C=O) groups excluding carboxylic acids is 1. The Hall–Kier alpha value is -0.330. The standard InChI is InChI=1S/C25H42O/c1-7-22(3)14-15-25(6)21-11-13-24(5)19(17(2)26)8-9-20(24)18(21)10-12-23(25,4)16-22/h18-21H,7-16H2,1-6H3. The van der Waals surface area contributed by atoms with Crippen molar-refractivity contribution in [2.75, 3.05) is 0 Å². The van der Waals surface area contributed by atoms with Gasteiger partial charge in [-0.1, -0.05) is 41.0 Å². The first-order valence-electron chi connectivity index (χ1n) is 11.6. The van der Waals surface area contributed by atoms with Gasteiger partial charge in [-0.25, -0.2) is 0 Å². The highest BCUT2D eigenvalue weighted by Gasteiger charge is 2.64. The van der Waals surface area contributed by atoms with Crippen molar-refractivity contribution < 1.29 is 4.79 Å². The third-order valence-electron chi connectivity index (χ3n) is 11.1. The van der Waals surface area contributed by atoms with Crippen LogP contribution in [-0.2, 0) is 4.79 Å². The summed E-state index contributed by atoms with van der Waals surface area (Å²) in [6.07, 6.45) is 13.7. The summed E-state index contributed by atoms with van der Waals surface area (Å²) in [6, 6.07) is 0. The molecule has 8 unspecified atom stereocenters. The number of Topliss-reactive ketones (excluding diaryl/α,β-unsaturated/α-hetero) is 1. The topological polar surface area (TPSA) is 17.1 Å². The van der Waals surface area contributed by atoms with Crippen molar-refractivity contribution in [3.63, 3.8) is 0 Å².